The van der Waals surface area contributed by atoms with E-state index in [1.54, 1.807) is 0 Å². The average molecular weight is 240 g/mol. The van der Waals surface area contributed by atoms with Gasteiger partial charge in [-0.2, -0.15) is 0 Å². The van der Waals surface area contributed by atoms with Crippen LogP contribution < -0.4 is 5.32 Å². The van der Waals surface area contributed by atoms with E-state index in [4.69, 9.17) is 0 Å². The molecule has 1 unspecified atom stereocenters. The number of unbranched alkanes of at least 4 members (excludes halogenated alkanes) is 1. The van der Waals surface area contributed by atoms with Gasteiger partial charge in [-0.15, -0.1) is 0 Å². The van der Waals surface area contributed by atoms with E-state index in [0.717, 1.165) is 26.1 Å². The molecule has 1 aliphatic heterocycles. The molecule has 3 heteroatoms. The minimum Gasteiger partial charge on any atom is -0.340 e. The third-order valence-corrected chi connectivity index (χ3v) is 3.64. The van der Waals surface area contributed by atoms with Crippen molar-refractivity contribution in [3.05, 3.63) is 0 Å². The first-order chi connectivity index (χ1) is 8.29. The second-order valence-corrected chi connectivity index (χ2v) is 5.00. The van der Waals surface area contributed by atoms with Gasteiger partial charge in [0.2, 0.25) is 5.91 Å². The van der Waals surface area contributed by atoms with Gasteiger partial charge in [0.15, 0.2) is 0 Å². The molecule has 1 fully saturated rings. The molecule has 0 aromatic carbocycles. The number of amides is 1. The van der Waals surface area contributed by atoms with E-state index >= 15 is 0 Å². The maximum absolute atomic E-state index is 12.1. The third-order valence-electron chi connectivity index (χ3n) is 3.64. The van der Waals surface area contributed by atoms with Gasteiger partial charge in [0.05, 0.1) is 0 Å². The summed E-state index contributed by atoms with van der Waals surface area (Å²) in [7, 11) is 0. The molecule has 1 N–H and O–H groups in total. The molecule has 0 bridgehead atoms. The smallest absolute Gasteiger partial charge is 0.224 e. The highest BCUT2D eigenvalue weighted by Crippen LogP contribution is 2.19. The summed E-state index contributed by atoms with van der Waals surface area (Å²) in [5.74, 6) is 0.348. The van der Waals surface area contributed by atoms with Crippen molar-refractivity contribution in [2.24, 2.45) is 0 Å². The zero-order valence-electron chi connectivity index (χ0n) is 11.5. The van der Waals surface area contributed by atoms with Crippen molar-refractivity contribution in [1.82, 2.24) is 10.2 Å². The fraction of sp³-hybridized carbons (Fsp3) is 0.929. The zero-order chi connectivity index (χ0) is 12.5. The molecule has 0 radical (unpaired) electrons. The zero-order valence-corrected chi connectivity index (χ0v) is 11.5. The molecule has 0 aromatic rings. The van der Waals surface area contributed by atoms with E-state index < -0.39 is 0 Å². The molecule has 1 amide bonds. The van der Waals surface area contributed by atoms with E-state index in [0.29, 0.717) is 18.4 Å². The summed E-state index contributed by atoms with van der Waals surface area (Å²) in [5.41, 5.74) is 0. The summed E-state index contributed by atoms with van der Waals surface area (Å²) >= 11 is 0. The first-order valence-electron chi connectivity index (χ1n) is 7.29. The van der Waals surface area contributed by atoms with Crippen LogP contribution in [0.1, 0.15) is 58.8 Å². The second kappa shape index (κ2) is 8.51. The molecular formula is C14H28N2O. The summed E-state index contributed by atoms with van der Waals surface area (Å²) in [6, 6.07) is 0.506. The molecule has 0 saturated carbocycles. The summed E-state index contributed by atoms with van der Waals surface area (Å²) in [5, 5.41) is 3.34. The molecule has 17 heavy (non-hydrogen) atoms. The Bertz CT molecular complexity index is 218. The van der Waals surface area contributed by atoms with Gasteiger partial charge in [-0.05, 0) is 38.6 Å². The van der Waals surface area contributed by atoms with Crippen molar-refractivity contribution in [2.45, 2.75) is 64.8 Å². The lowest BCUT2D eigenvalue weighted by Gasteiger charge is -2.35. The molecule has 1 aliphatic rings. The maximum atomic E-state index is 12.1. The Morgan fingerprint density at radius 2 is 2.12 bits per heavy atom. The minimum atomic E-state index is 0.348. The Morgan fingerprint density at radius 3 is 2.82 bits per heavy atom. The topological polar surface area (TPSA) is 32.3 Å². The SMILES string of the molecule is CCCCNCCC(=O)N1CCCCC1CC. The minimum absolute atomic E-state index is 0.348. The number of piperidine rings is 1. The summed E-state index contributed by atoms with van der Waals surface area (Å²) in [6.07, 6.45) is 7.86. The highest BCUT2D eigenvalue weighted by Gasteiger charge is 2.24. The van der Waals surface area contributed by atoms with Crippen LogP contribution in [0.15, 0.2) is 0 Å². The van der Waals surface area contributed by atoms with Crippen LogP contribution in [-0.4, -0.2) is 36.5 Å². The molecule has 1 heterocycles. The summed E-state index contributed by atoms with van der Waals surface area (Å²) in [4.78, 5) is 14.2. The lowest BCUT2D eigenvalue weighted by atomic mass is 9.99. The number of carbonyl (C=O) groups is 1. The number of nitrogens with zero attached hydrogens (tertiary/aromatic N) is 1. The van der Waals surface area contributed by atoms with E-state index in [-0.39, 0.29) is 0 Å². The van der Waals surface area contributed by atoms with Gasteiger partial charge >= 0.3 is 0 Å². The van der Waals surface area contributed by atoms with Gasteiger partial charge in [0.25, 0.3) is 0 Å². The fourth-order valence-electron chi connectivity index (χ4n) is 2.52. The number of hydrogen-bond acceptors (Lipinski definition) is 2. The van der Waals surface area contributed by atoms with Crippen LogP contribution in [0, 0.1) is 0 Å². The Hall–Kier alpha value is -0.570. The van der Waals surface area contributed by atoms with Crippen LogP contribution in [0.4, 0.5) is 0 Å². The van der Waals surface area contributed by atoms with Crippen molar-refractivity contribution in [1.29, 1.82) is 0 Å². The molecule has 1 rings (SSSR count). The van der Waals surface area contributed by atoms with Crippen molar-refractivity contribution < 1.29 is 4.79 Å². The summed E-state index contributed by atoms with van der Waals surface area (Å²) in [6.45, 7) is 7.24. The molecule has 0 aliphatic carbocycles. The van der Waals surface area contributed by atoms with Crippen LogP contribution in [0.3, 0.4) is 0 Å². The number of rotatable bonds is 7. The van der Waals surface area contributed by atoms with Gasteiger partial charge in [0, 0.05) is 25.6 Å². The van der Waals surface area contributed by atoms with E-state index in [2.05, 4.69) is 24.1 Å². The molecule has 0 aromatic heterocycles. The van der Waals surface area contributed by atoms with Crippen molar-refractivity contribution in [3.63, 3.8) is 0 Å². The van der Waals surface area contributed by atoms with Crippen LogP contribution in [0.2, 0.25) is 0 Å². The monoisotopic (exact) mass is 240 g/mol. The Balaban J connectivity index is 2.20. The van der Waals surface area contributed by atoms with Gasteiger partial charge in [-0.1, -0.05) is 20.3 Å². The molecule has 1 atom stereocenters. The van der Waals surface area contributed by atoms with Crippen LogP contribution in [0.25, 0.3) is 0 Å². The van der Waals surface area contributed by atoms with Crippen molar-refractivity contribution in [3.8, 4) is 0 Å². The van der Waals surface area contributed by atoms with Gasteiger partial charge < -0.3 is 10.2 Å². The second-order valence-electron chi connectivity index (χ2n) is 5.00. The van der Waals surface area contributed by atoms with Crippen molar-refractivity contribution >= 4 is 5.91 Å². The lowest BCUT2D eigenvalue weighted by Crippen LogP contribution is -2.44. The Morgan fingerprint density at radius 1 is 1.29 bits per heavy atom. The molecule has 0 spiro atoms. The largest absolute Gasteiger partial charge is 0.340 e. The van der Waals surface area contributed by atoms with Gasteiger partial charge in [-0.3, -0.25) is 4.79 Å². The highest BCUT2D eigenvalue weighted by atomic mass is 16.2. The molecular weight excluding hydrogens is 212 g/mol. The molecule has 1 saturated heterocycles. The van der Waals surface area contributed by atoms with Crippen molar-refractivity contribution in [2.75, 3.05) is 19.6 Å². The van der Waals surface area contributed by atoms with Gasteiger partial charge in [0.1, 0.15) is 0 Å². The molecule has 100 valence electrons. The Kier molecular flexibility index (Phi) is 7.25. The number of likely N-dealkylation sites (tertiary alicyclic amines) is 1. The average Bonchev–Trinajstić information content (AvgIpc) is 2.38. The van der Waals surface area contributed by atoms with Gasteiger partial charge in [-0.25, -0.2) is 0 Å². The predicted octanol–water partition coefficient (Wildman–Crippen LogP) is 2.56. The Labute approximate surface area is 106 Å². The molecule has 3 nitrogen and oxygen atoms in total. The van der Waals surface area contributed by atoms with E-state index in [9.17, 15) is 4.79 Å². The predicted molar refractivity (Wildman–Crippen MR) is 72.0 cm³/mol. The fourth-order valence-corrected chi connectivity index (χ4v) is 2.52. The normalized spacial score (nSPS) is 20.6. The van der Waals surface area contributed by atoms with E-state index in [1.165, 1.54) is 32.1 Å². The number of nitrogens with one attached hydrogen (secondary N) is 1. The lowest BCUT2D eigenvalue weighted by molar-refractivity contribution is -0.134. The standard InChI is InChI=1S/C14H28N2O/c1-3-5-10-15-11-9-14(17)16-12-7-6-8-13(16)4-2/h13,15H,3-12H2,1-2H3. The van der Waals surface area contributed by atoms with E-state index in [1.807, 2.05) is 0 Å². The van der Waals surface area contributed by atoms with Crippen LogP contribution in [-0.2, 0) is 4.79 Å². The van der Waals surface area contributed by atoms with Crippen LogP contribution in [0.5, 0.6) is 0 Å². The maximum Gasteiger partial charge on any atom is 0.224 e. The summed E-state index contributed by atoms with van der Waals surface area (Å²) < 4.78 is 0. The quantitative estimate of drug-likeness (QED) is 0.694. The first kappa shape index (κ1) is 14.5. The first-order valence-corrected chi connectivity index (χ1v) is 7.29. The number of hydrogen-bond donors (Lipinski definition) is 1. The van der Waals surface area contributed by atoms with Crippen LogP contribution >= 0.6 is 0 Å². The number of carbonyl (C=O) groups excluding carboxylic acids is 1. The third kappa shape index (κ3) is 5.07. The highest BCUT2D eigenvalue weighted by molar-refractivity contribution is 5.76.